The maximum Gasteiger partial charge on any atom is 0.0796 e. The molecule has 18 heavy (non-hydrogen) atoms. The van der Waals surface area contributed by atoms with Gasteiger partial charge in [-0.15, -0.1) is 5.10 Å². The molecule has 1 rings (SSSR count). The zero-order valence-electron chi connectivity index (χ0n) is 11.9. The van der Waals surface area contributed by atoms with Crippen molar-refractivity contribution in [3.8, 4) is 0 Å². The van der Waals surface area contributed by atoms with Gasteiger partial charge in [0.05, 0.1) is 45.3 Å². The minimum atomic E-state index is 0.595. The molecule has 0 saturated heterocycles. The molecule has 1 aromatic rings. The molecule has 0 N–H and O–H groups in total. The zero-order valence-corrected chi connectivity index (χ0v) is 11.9. The van der Waals surface area contributed by atoms with Crippen LogP contribution >= 0.6 is 0 Å². The lowest BCUT2D eigenvalue weighted by molar-refractivity contribution is 0.0224. The van der Waals surface area contributed by atoms with Crippen molar-refractivity contribution in [1.82, 2.24) is 15.0 Å². The molecular weight excluding hydrogens is 234 g/mol. The van der Waals surface area contributed by atoms with Crippen molar-refractivity contribution in [2.24, 2.45) is 0 Å². The molecule has 0 radical (unpaired) electrons. The quantitative estimate of drug-likeness (QED) is 0.625. The second-order valence-corrected chi connectivity index (χ2v) is 3.34. The zero-order chi connectivity index (χ0) is 13.6. The Kier molecular flexibility index (Phi) is 11.8. The first-order valence-corrected chi connectivity index (χ1v) is 6.34. The molecule has 0 aliphatic carbocycles. The van der Waals surface area contributed by atoms with Crippen LogP contribution in [-0.4, -0.2) is 55.1 Å². The fourth-order valence-corrected chi connectivity index (χ4v) is 1.13. The van der Waals surface area contributed by atoms with E-state index in [-0.39, 0.29) is 0 Å². The summed E-state index contributed by atoms with van der Waals surface area (Å²) in [6.07, 6.45) is 1.89. The van der Waals surface area contributed by atoms with E-state index in [2.05, 4.69) is 10.3 Å². The average Bonchev–Trinajstić information content (AvgIpc) is 2.81. The van der Waals surface area contributed by atoms with Gasteiger partial charge in [0.25, 0.3) is 0 Å². The Morgan fingerprint density at radius 3 is 2.22 bits per heavy atom. The van der Waals surface area contributed by atoms with Gasteiger partial charge >= 0.3 is 0 Å². The number of methoxy groups -OCH3 is 1. The third kappa shape index (κ3) is 9.09. The van der Waals surface area contributed by atoms with Crippen LogP contribution in [0.5, 0.6) is 0 Å². The fourth-order valence-electron chi connectivity index (χ4n) is 1.13. The van der Waals surface area contributed by atoms with Crippen molar-refractivity contribution >= 4 is 0 Å². The number of aryl methyl sites for hydroxylation is 1. The molecule has 0 spiro atoms. The van der Waals surface area contributed by atoms with E-state index in [1.165, 1.54) is 0 Å². The molecule has 0 unspecified atom stereocenters. The molecule has 6 heteroatoms. The van der Waals surface area contributed by atoms with Crippen LogP contribution in [-0.2, 0) is 20.8 Å². The predicted octanol–water partition coefficient (Wildman–Crippen LogP) is 1.29. The summed E-state index contributed by atoms with van der Waals surface area (Å²) in [4.78, 5) is 0. The van der Waals surface area contributed by atoms with Crippen molar-refractivity contribution in [2.75, 3.05) is 40.1 Å². The van der Waals surface area contributed by atoms with Gasteiger partial charge < -0.3 is 14.2 Å². The molecule has 0 bridgehead atoms. The van der Waals surface area contributed by atoms with Crippen molar-refractivity contribution in [2.45, 2.75) is 27.3 Å². The third-order valence-electron chi connectivity index (χ3n) is 1.92. The molecule has 0 aliphatic rings. The standard InChI is InChI=1S/C10H19N3O3.C2H6/c1-10-9-13(12-11-10)3-4-15-7-8-16-6-5-14-2;1-2/h9H,3-8H2,1-2H3;1-2H3. The fraction of sp³-hybridized carbons (Fsp3) is 0.833. The minimum Gasteiger partial charge on any atom is -0.382 e. The molecule has 0 fully saturated rings. The molecule has 0 aliphatic heterocycles. The van der Waals surface area contributed by atoms with Crippen molar-refractivity contribution in [1.29, 1.82) is 0 Å². The van der Waals surface area contributed by atoms with Gasteiger partial charge in [0.15, 0.2) is 0 Å². The van der Waals surface area contributed by atoms with E-state index < -0.39 is 0 Å². The molecule has 106 valence electrons. The summed E-state index contributed by atoms with van der Waals surface area (Å²) in [5.41, 5.74) is 0.919. The smallest absolute Gasteiger partial charge is 0.0796 e. The van der Waals surface area contributed by atoms with Crippen molar-refractivity contribution in [3.05, 3.63) is 11.9 Å². The van der Waals surface area contributed by atoms with Gasteiger partial charge in [-0.2, -0.15) is 0 Å². The minimum absolute atomic E-state index is 0.595. The molecule has 6 nitrogen and oxygen atoms in total. The van der Waals surface area contributed by atoms with Crippen LogP contribution in [0, 0.1) is 6.92 Å². The number of hydrogen-bond acceptors (Lipinski definition) is 5. The summed E-state index contributed by atoms with van der Waals surface area (Å²) in [7, 11) is 1.65. The first-order valence-electron chi connectivity index (χ1n) is 6.34. The second-order valence-electron chi connectivity index (χ2n) is 3.34. The van der Waals surface area contributed by atoms with E-state index in [0.717, 1.165) is 12.2 Å². The Hall–Kier alpha value is -0.980. The lowest BCUT2D eigenvalue weighted by atomic mass is 10.5. The largest absolute Gasteiger partial charge is 0.382 e. The topological polar surface area (TPSA) is 58.4 Å². The first-order chi connectivity index (χ1) is 8.83. The van der Waals surface area contributed by atoms with Crippen LogP contribution in [0.15, 0.2) is 6.20 Å². The molecule has 1 aromatic heterocycles. The SMILES string of the molecule is CC.COCCOCCOCCn1cc(C)nn1. The lowest BCUT2D eigenvalue weighted by Crippen LogP contribution is -2.12. The molecular formula is C12H25N3O3. The van der Waals surface area contributed by atoms with Crippen LogP contribution in [0.25, 0.3) is 0 Å². The summed E-state index contributed by atoms with van der Waals surface area (Å²) in [5, 5.41) is 7.80. The van der Waals surface area contributed by atoms with E-state index in [9.17, 15) is 0 Å². The van der Waals surface area contributed by atoms with Gasteiger partial charge in [-0.1, -0.05) is 19.1 Å². The normalized spacial score (nSPS) is 10.0. The summed E-state index contributed by atoms with van der Waals surface area (Å²) in [5.74, 6) is 0. The molecule has 1 heterocycles. The van der Waals surface area contributed by atoms with Crippen molar-refractivity contribution < 1.29 is 14.2 Å². The van der Waals surface area contributed by atoms with Gasteiger partial charge in [-0.3, -0.25) is 0 Å². The maximum atomic E-state index is 5.37. The Morgan fingerprint density at radius 2 is 1.67 bits per heavy atom. The third-order valence-corrected chi connectivity index (χ3v) is 1.92. The second kappa shape index (κ2) is 12.5. The number of aromatic nitrogens is 3. The number of rotatable bonds is 9. The Labute approximate surface area is 109 Å². The van der Waals surface area contributed by atoms with Gasteiger partial charge in [0, 0.05) is 13.3 Å². The monoisotopic (exact) mass is 259 g/mol. The van der Waals surface area contributed by atoms with Gasteiger partial charge in [-0.25, -0.2) is 4.68 Å². The highest BCUT2D eigenvalue weighted by molar-refractivity contribution is 4.86. The summed E-state index contributed by atoms with van der Waals surface area (Å²) in [6.45, 7) is 9.68. The van der Waals surface area contributed by atoms with Crippen LogP contribution in [0.1, 0.15) is 19.5 Å². The van der Waals surface area contributed by atoms with E-state index in [1.807, 2.05) is 27.0 Å². The number of hydrogen-bond donors (Lipinski definition) is 0. The maximum absolute atomic E-state index is 5.37. The summed E-state index contributed by atoms with van der Waals surface area (Å²) >= 11 is 0. The van der Waals surface area contributed by atoms with E-state index in [4.69, 9.17) is 14.2 Å². The van der Waals surface area contributed by atoms with Crippen molar-refractivity contribution in [3.63, 3.8) is 0 Å². The first kappa shape index (κ1) is 17.0. The average molecular weight is 259 g/mol. The summed E-state index contributed by atoms with van der Waals surface area (Å²) in [6, 6.07) is 0. The highest BCUT2D eigenvalue weighted by Gasteiger charge is 1.95. The van der Waals surface area contributed by atoms with Gasteiger partial charge in [0.1, 0.15) is 0 Å². The molecule has 0 saturated carbocycles. The van der Waals surface area contributed by atoms with Crippen LogP contribution in [0.2, 0.25) is 0 Å². The number of nitrogens with zero attached hydrogens (tertiary/aromatic N) is 3. The Morgan fingerprint density at radius 1 is 1.06 bits per heavy atom. The van der Waals surface area contributed by atoms with Crippen LogP contribution in [0.4, 0.5) is 0 Å². The molecule has 0 amide bonds. The number of ether oxygens (including phenoxy) is 3. The van der Waals surface area contributed by atoms with Crippen LogP contribution < -0.4 is 0 Å². The lowest BCUT2D eigenvalue weighted by Gasteiger charge is -2.05. The van der Waals surface area contributed by atoms with Crippen LogP contribution in [0.3, 0.4) is 0 Å². The van der Waals surface area contributed by atoms with Gasteiger partial charge in [0.2, 0.25) is 0 Å². The Bertz CT molecular complexity index is 279. The molecule has 0 atom stereocenters. The summed E-state index contributed by atoms with van der Waals surface area (Å²) < 4.78 is 17.2. The predicted molar refractivity (Wildman–Crippen MR) is 69.6 cm³/mol. The van der Waals surface area contributed by atoms with E-state index >= 15 is 0 Å². The highest BCUT2D eigenvalue weighted by Crippen LogP contribution is 1.89. The highest BCUT2D eigenvalue weighted by atomic mass is 16.5. The molecule has 0 aromatic carbocycles. The van der Waals surface area contributed by atoms with Gasteiger partial charge in [-0.05, 0) is 6.92 Å². The Balaban J connectivity index is 0.00000137. The van der Waals surface area contributed by atoms with E-state index in [0.29, 0.717) is 33.0 Å². The van der Waals surface area contributed by atoms with E-state index in [1.54, 1.807) is 11.8 Å².